The Morgan fingerprint density at radius 2 is 2.67 bits per heavy atom. The predicted molar refractivity (Wildman–Crippen MR) is 34.9 cm³/mol. The van der Waals surface area contributed by atoms with Gasteiger partial charge in [-0.2, -0.15) is 0 Å². The first-order valence-corrected chi connectivity index (χ1v) is 2.65. The second-order valence-corrected chi connectivity index (χ2v) is 1.76. The minimum Gasteiger partial charge on any atom is -0.512 e. The maximum Gasteiger partial charge on any atom is 0.133 e. The molecule has 0 aliphatic rings. The van der Waals surface area contributed by atoms with Gasteiger partial charge in [-0.05, 0) is 6.92 Å². The summed E-state index contributed by atoms with van der Waals surface area (Å²) < 4.78 is 0. The first-order chi connectivity index (χ1) is 4.29. The summed E-state index contributed by atoms with van der Waals surface area (Å²) >= 11 is 0. The van der Waals surface area contributed by atoms with Crippen molar-refractivity contribution in [2.75, 3.05) is 0 Å². The van der Waals surface area contributed by atoms with Crippen molar-refractivity contribution in [2.45, 2.75) is 6.92 Å². The van der Waals surface area contributed by atoms with Gasteiger partial charge in [-0.15, -0.1) is 0 Å². The van der Waals surface area contributed by atoms with E-state index in [9.17, 15) is 0 Å². The first kappa shape index (κ1) is 5.88. The highest BCUT2D eigenvalue weighted by Gasteiger charge is 1.86. The number of aliphatic hydroxyl groups excluding tert-OH is 1. The lowest BCUT2D eigenvalue weighted by atomic mass is 10.5. The van der Waals surface area contributed by atoms with Crippen molar-refractivity contribution in [3.8, 4) is 0 Å². The van der Waals surface area contributed by atoms with E-state index in [-0.39, 0.29) is 5.76 Å². The van der Waals surface area contributed by atoms with Crippen molar-refractivity contribution in [2.24, 2.45) is 0 Å². The number of nitrogens with zero attached hydrogens (tertiary/aromatic N) is 1. The van der Waals surface area contributed by atoms with Gasteiger partial charge in [-0.1, -0.05) is 0 Å². The summed E-state index contributed by atoms with van der Waals surface area (Å²) in [5.74, 6) is 0.931. The number of hydrogen-bond acceptors (Lipinski definition) is 2. The van der Waals surface area contributed by atoms with Crippen molar-refractivity contribution in [3.05, 3.63) is 24.0 Å². The molecule has 0 bridgehead atoms. The van der Waals surface area contributed by atoms with E-state index in [1.807, 2.05) is 0 Å². The van der Waals surface area contributed by atoms with Gasteiger partial charge in [0.15, 0.2) is 0 Å². The minimum atomic E-state index is 0.255. The molecule has 1 heterocycles. The van der Waals surface area contributed by atoms with E-state index in [0.29, 0.717) is 5.82 Å². The summed E-state index contributed by atoms with van der Waals surface area (Å²) in [6.07, 6.45) is 4.89. The van der Waals surface area contributed by atoms with Crippen LogP contribution in [0.3, 0.4) is 0 Å². The minimum absolute atomic E-state index is 0.255. The molecule has 1 aromatic heterocycles. The Hall–Kier alpha value is -1.25. The van der Waals surface area contributed by atoms with Gasteiger partial charge in [0.05, 0.1) is 5.76 Å². The van der Waals surface area contributed by atoms with Crippen LogP contribution in [0.2, 0.25) is 0 Å². The van der Waals surface area contributed by atoms with Crippen molar-refractivity contribution in [1.29, 1.82) is 0 Å². The number of hydrogen-bond donors (Lipinski definition) is 2. The summed E-state index contributed by atoms with van der Waals surface area (Å²) in [5, 5.41) is 8.73. The number of imidazole rings is 1. The third kappa shape index (κ3) is 1.60. The molecule has 0 aliphatic heterocycles. The molecule has 0 radical (unpaired) electrons. The van der Waals surface area contributed by atoms with E-state index in [0.717, 1.165) is 0 Å². The Morgan fingerprint density at radius 1 is 1.89 bits per heavy atom. The van der Waals surface area contributed by atoms with E-state index in [4.69, 9.17) is 5.11 Å². The standard InChI is InChI=1S/C6H8N2O/c1-5(9)4-6-7-2-3-8-6/h2-4,9H,1H3,(H,7,8)/b5-4-. The van der Waals surface area contributed by atoms with Gasteiger partial charge in [-0.25, -0.2) is 4.98 Å². The quantitative estimate of drug-likeness (QED) is 0.555. The lowest BCUT2D eigenvalue weighted by molar-refractivity contribution is 0.419. The van der Waals surface area contributed by atoms with Crippen LogP contribution in [-0.4, -0.2) is 15.1 Å². The van der Waals surface area contributed by atoms with Gasteiger partial charge in [-0.3, -0.25) is 0 Å². The number of aliphatic hydroxyl groups is 1. The largest absolute Gasteiger partial charge is 0.512 e. The molecule has 0 aromatic carbocycles. The number of rotatable bonds is 1. The van der Waals surface area contributed by atoms with Gasteiger partial charge < -0.3 is 10.1 Å². The molecule has 0 fully saturated rings. The second kappa shape index (κ2) is 2.35. The average Bonchev–Trinajstić information content (AvgIpc) is 2.15. The molecule has 48 valence electrons. The Bertz CT molecular complexity index is 197. The van der Waals surface area contributed by atoms with Crippen molar-refractivity contribution in [3.63, 3.8) is 0 Å². The summed E-state index contributed by atoms with van der Waals surface area (Å²) in [6.45, 7) is 1.60. The van der Waals surface area contributed by atoms with Crippen LogP contribution in [0, 0.1) is 0 Å². The van der Waals surface area contributed by atoms with E-state index >= 15 is 0 Å². The topological polar surface area (TPSA) is 48.9 Å². The third-order valence-corrected chi connectivity index (χ3v) is 0.865. The fourth-order valence-electron chi connectivity index (χ4n) is 0.554. The summed E-state index contributed by atoms with van der Waals surface area (Å²) in [4.78, 5) is 6.69. The maximum atomic E-state index is 8.73. The van der Waals surface area contributed by atoms with Crippen LogP contribution in [0.1, 0.15) is 12.7 Å². The van der Waals surface area contributed by atoms with Gasteiger partial charge in [0.25, 0.3) is 0 Å². The molecule has 3 nitrogen and oxygen atoms in total. The second-order valence-electron chi connectivity index (χ2n) is 1.76. The van der Waals surface area contributed by atoms with E-state index in [1.54, 1.807) is 25.4 Å². The fourth-order valence-corrected chi connectivity index (χ4v) is 0.554. The molecule has 1 aromatic rings. The van der Waals surface area contributed by atoms with Gasteiger partial charge in [0.1, 0.15) is 5.82 Å². The average molecular weight is 124 g/mol. The summed E-state index contributed by atoms with van der Waals surface area (Å²) in [7, 11) is 0. The molecule has 0 atom stereocenters. The van der Waals surface area contributed by atoms with Crippen molar-refractivity contribution >= 4 is 6.08 Å². The molecule has 0 saturated heterocycles. The number of aromatic nitrogens is 2. The van der Waals surface area contributed by atoms with E-state index in [2.05, 4.69) is 9.97 Å². The molecule has 0 unspecified atom stereocenters. The van der Waals surface area contributed by atoms with Crippen LogP contribution >= 0.6 is 0 Å². The van der Waals surface area contributed by atoms with Gasteiger partial charge in [0, 0.05) is 18.5 Å². The van der Waals surface area contributed by atoms with Crippen LogP contribution in [0.4, 0.5) is 0 Å². The lowest BCUT2D eigenvalue weighted by Gasteiger charge is -1.84. The highest BCUT2D eigenvalue weighted by molar-refractivity contribution is 5.40. The zero-order valence-electron chi connectivity index (χ0n) is 5.13. The highest BCUT2D eigenvalue weighted by atomic mass is 16.3. The Morgan fingerprint density at radius 3 is 3.11 bits per heavy atom. The van der Waals surface area contributed by atoms with E-state index in [1.165, 1.54) is 0 Å². The number of nitrogens with one attached hydrogen (secondary N) is 1. The smallest absolute Gasteiger partial charge is 0.133 e. The van der Waals surface area contributed by atoms with Crippen LogP contribution in [-0.2, 0) is 0 Å². The monoisotopic (exact) mass is 124 g/mol. The number of H-pyrrole nitrogens is 1. The molecule has 2 N–H and O–H groups in total. The SMILES string of the molecule is C/C(O)=C/c1ncc[nH]1. The molecule has 1 rings (SSSR count). The molecule has 0 aliphatic carbocycles. The molecule has 9 heavy (non-hydrogen) atoms. The van der Waals surface area contributed by atoms with Gasteiger partial charge >= 0.3 is 0 Å². The van der Waals surface area contributed by atoms with Crippen LogP contribution in [0.25, 0.3) is 6.08 Å². The van der Waals surface area contributed by atoms with Crippen LogP contribution < -0.4 is 0 Å². The summed E-state index contributed by atoms with van der Waals surface area (Å²) in [5.41, 5.74) is 0. The molecule has 0 amide bonds. The van der Waals surface area contributed by atoms with E-state index < -0.39 is 0 Å². The zero-order valence-corrected chi connectivity index (χ0v) is 5.13. The van der Waals surface area contributed by atoms with Crippen LogP contribution in [0.15, 0.2) is 18.2 Å². The Balaban J connectivity index is 2.80. The fraction of sp³-hybridized carbons (Fsp3) is 0.167. The van der Waals surface area contributed by atoms with Crippen molar-refractivity contribution in [1.82, 2.24) is 9.97 Å². The molecule has 0 spiro atoms. The number of allylic oxidation sites excluding steroid dienone is 1. The molecular formula is C6H8N2O. The highest BCUT2D eigenvalue weighted by Crippen LogP contribution is 1.95. The Labute approximate surface area is 53.1 Å². The summed E-state index contributed by atoms with van der Waals surface area (Å²) in [6, 6.07) is 0. The number of aromatic amines is 1. The van der Waals surface area contributed by atoms with Crippen molar-refractivity contribution < 1.29 is 5.11 Å². The lowest BCUT2D eigenvalue weighted by Crippen LogP contribution is -1.75. The third-order valence-electron chi connectivity index (χ3n) is 0.865. The molecular weight excluding hydrogens is 116 g/mol. The normalized spacial score (nSPS) is 11.9. The molecule has 0 saturated carbocycles. The first-order valence-electron chi connectivity index (χ1n) is 2.65. The maximum absolute atomic E-state index is 8.73. The Kier molecular flexibility index (Phi) is 1.53. The zero-order chi connectivity index (χ0) is 6.69. The van der Waals surface area contributed by atoms with Gasteiger partial charge in [0.2, 0.25) is 0 Å². The van der Waals surface area contributed by atoms with Crippen LogP contribution in [0.5, 0.6) is 0 Å². The molecule has 3 heteroatoms. The predicted octanol–water partition coefficient (Wildman–Crippen LogP) is 1.33.